The molecule has 0 radical (unpaired) electrons. The number of aryl methyl sites for hydroxylation is 12. The Balaban J connectivity index is 0.000000101. The van der Waals surface area contributed by atoms with Crippen LogP contribution in [0.3, 0.4) is 0 Å². The first-order chi connectivity index (χ1) is 71.3. The molecule has 145 heavy (non-hydrogen) atoms. The van der Waals surface area contributed by atoms with Crippen molar-refractivity contribution in [2.45, 2.75) is 146 Å². The number of furan rings is 5. The number of hydrogen-bond acceptors (Lipinski definition) is 5. The fraction of sp³-hybridized carbons (Fsp3) is 0.222. The van der Waals surface area contributed by atoms with E-state index in [-0.39, 0.29) is 0 Å². The Morgan fingerprint density at radius 2 is 0.483 bits per heavy atom. The van der Waals surface area contributed by atoms with Gasteiger partial charge in [-0.2, -0.15) is 0 Å². The van der Waals surface area contributed by atoms with E-state index in [2.05, 4.69) is 412 Å². The Bertz CT molecular complexity index is 9520. The highest BCUT2D eigenvalue weighted by Crippen LogP contribution is 2.47. The molecule has 10 heterocycles. The third kappa shape index (κ3) is 17.9. The molecule has 2 fully saturated rings. The molecule has 0 aliphatic heterocycles. The van der Waals surface area contributed by atoms with Gasteiger partial charge in [0.2, 0.25) is 28.5 Å². The lowest BCUT2D eigenvalue weighted by atomic mass is 9.85. The Morgan fingerprint density at radius 3 is 0.752 bits per heavy atom. The van der Waals surface area contributed by atoms with E-state index in [1.54, 1.807) is 6.92 Å². The zero-order valence-electron chi connectivity index (χ0n) is 87.7. The van der Waals surface area contributed by atoms with Crippen LogP contribution < -0.4 is 22.8 Å². The van der Waals surface area contributed by atoms with Crippen LogP contribution in [0.15, 0.2) is 356 Å². The maximum absolute atomic E-state index is 8.12. The molecule has 10 nitrogen and oxygen atoms in total. The smallest absolute Gasteiger partial charge is 0.216 e. The maximum atomic E-state index is 8.12. The van der Waals surface area contributed by atoms with Crippen LogP contribution >= 0.6 is 0 Å². The van der Waals surface area contributed by atoms with Gasteiger partial charge >= 0.3 is 0 Å². The SMILES string of the molecule is Cc1cc[n+](C)c(-c2c(C)ccc3c2oc2cc4ccccc4cc23)c1.Cc1ccc2c(oc3cc4ccccc4cc32)c1-c1cc(CC(C)C)cc[n+]1C.Cc1ccc2c(oc3cc4ccccc4cc32)c1-c1cc(CC2CCCC2)cc[n+]1C.Cc1ccc2c(oc3cc4ccccc4cc32)c1-c1cc(CC2CCCCC2)cc[n+]1C.[2H]C([2H])(C)c1cc[n+](C)c(-c2c(C)ccc3c2oc2cc4ccccc4cc23)c1. The predicted molar refractivity (Wildman–Crippen MR) is 601 cm³/mol. The summed E-state index contributed by atoms with van der Waals surface area (Å²) in [6.45, 7) is 19.1. The van der Waals surface area contributed by atoms with Crippen molar-refractivity contribution >= 4 is 164 Å². The van der Waals surface area contributed by atoms with E-state index in [9.17, 15) is 0 Å². The third-order valence-electron chi connectivity index (χ3n) is 31.1. The molecule has 2 saturated carbocycles. The first-order valence-corrected chi connectivity index (χ1v) is 52.0. The average Bonchev–Trinajstić information content (AvgIpc) is 1.61. The van der Waals surface area contributed by atoms with Crippen molar-refractivity contribution in [2.24, 2.45) is 53.0 Å². The van der Waals surface area contributed by atoms with E-state index < -0.39 is 6.37 Å². The number of hydrogen-bond donors (Lipinski definition) is 0. The van der Waals surface area contributed by atoms with Crippen LogP contribution in [-0.4, -0.2) is 0 Å². The molecular weight excluding hydrogens is 1770 g/mol. The van der Waals surface area contributed by atoms with E-state index in [0.717, 1.165) is 107 Å². The largest absolute Gasteiger partial charge is 0.455 e. The van der Waals surface area contributed by atoms with Crippen molar-refractivity contribution in [3.05, 3.63) is 390 Å². The molecule has 27 rings (SSSR count). The Labute approximate surface area is 850 Å². The molecule has 0 atom stereocenters. The monoisotopic (exact) mass is 1900 g/mol. The normalized spacial score (nSPS) is 13.5. The zero-order chi connectivity index (χ0) is 101. The number of fused-ring (bicyclic) bond motifs is 20. The molecular formula is C135H126N5O5+5. The lowest BCUT2D eigenvalue weighted by Gasteiger charge is -2.21. The summed E-state index contributed by atoms with van der Waals surface area (Å²) in [5, 5.41) is 23.9. The molecule has 2 aliphatic carbocycles. The van der Waals surface area contributed by atoms with Crippen molar-refractivity contribution in [1.82, 2.24) is 0 Å². The predicted octanol–water partition coefficient (Wildman–Crippen LogP) is 33.6. The molecule has 0 unspecified atom stereocenters. The maximum Gasteiger partial charge on any atom is 0.216 e. The van der Waals surface area contributed by atoms with Crippen molar-refractivity contribution in [3.8, 4) is 56.3 Å². The number of benzene rings is 15. The Morgan fingerprint density at radius 1 is 0.255 bits per heavy atom. The second-order valence-electron chi connectivity index (χ2n) is 41.8. The minimum absolute atomic E-state index is 0.631. The van der Waals surface area contributed by atoms with Gasteiger partial charge in [0.05, 0.1) is 27.8 Å². The highest BCUT2D eigenvalue weighted by atomic mass is 16.3. The second-order valence-corrected chi connectivity index (χ2v) is 41.8. The van der Waals surface area contributed by atoms with Crippen LogP contribution in [0, 0.1) is 59.3 Å². The molecule has 2 aliphatic rings. The van der Waals surface area contributed by atoms with E-state index in [0.29, 0.717) is 11.5 Å². The van der Waals surface area contributed by atoms with Gasteiger partial charge in [-0.05, 0) is 255 Å². The van der Waals surface area contributed by atoms with Gasteiger partial charge in [-0.25, -0.2) is 22.8 Å². The fourth-order valence-corrected chi connectivity index (χ4v) is 23.3. The number of pyridine rings is 5. The minimum Gasteiger partial charge on any atom is -0.455 e. The van der Waals surface area contributed by atoms with Crippen LogP contribution in [0.2, 0.25) is 0 Å². The van der Waals surface area contributed by atoms with Gasteiger partial charge in [0.25, 0.3) is 0 Å². The summed E-state index contributed by atoms with van der Waals surface area (Å²) in [4.78, 5) is 0. The van der Waals surface area contributed by atoms with Gasteiger partial charge in [0.1, 0.15) is 91.1 Å². The molecule has 0 spiro atoms. The molecule has 10 aromatic heterocycles. The van der Waals surface area contributed by atoms with Crippen LogP contribution in [0.25, 0.3) is 220 Å². The summed E-state index contributed by atoms with van der Waals surface area (Å²) in [7, 11) is 10.5. The average molecular weight is 1900 g/mol. The van der Waals surface area contributed by atoms with Gasteiger partial charge in [0, 0.05) is 117 Å². The quantitative estimate of drug-likeness (QED) is 0.114. The van der Waals surface area contributed by atoms with Gasteiger partial charge < -0.3 is 22.1 Å². The highest BCUT2D eigenvalue weighted by Gasteiger charge is 2.30. The first-order valence-electron chi connectivity index (χ1n) is 53.0. The topological polar surface area (TPSA) is 85.1 Å². The summed E-state index contributed by atoms with van der Waals surface area (Å²) >= 11 is 0. The fourth-order valence-electron chi connectivity index (χ4n) is 23.3. The molecule has 0 bridgehead atoms. The van der Waals surface area contributed by atoms with Crippen LogP contribution in [-0.2, 0) is 60.9 Å². The van der Waals surface area contributed by atoms with Gasteiger partial charge in [-0.3, -0.25) is 0 Å². The number of rotatable bonds is 12. The molecule has 0 amide bonds. The Kier molecular flexibility index (Phi) is 24.3. The lowest BCUT2D eigenvalue weighted by Crippen LogP contribution is -2.31. The van der Waals surface area contributed by atoms with E-state index >= 15 is 0 Å². The van der Waals surface area contributed by atoms with Crippen molar-refractivity contribution in [1.29, 1.82) is 0 Å². The second kappa shape index (κ2) is 38.9. The first kappa shape index (κ1) is 90.6. The summed E-state index contributed by atoms with van der Waals surface area (Å²) in [5.74, 6) is 2.31. The molecule has 0 N–H and O–H groups in total. The number of aromatic nitrogens is 5. The van der Waals surface area contributed by atoms with Gasteiger partial charge in [-0.15, -0.1) is 0 Å². The van der Waals surface area contributed by atoms with Gasteiger partial charge in [-0.1, -0.05) is 261 Å². The summed E-state index contributed by atoms with van der Waals surface area (Å²) in [6, 6.07) is 108. The third-order valence-corrected chi connectivity index (χ3v) is 31.1. The van der Waals surface area contributed by atoms with Crippen LogP contribution in [0.4, 0.5) is 0 Å². The standard InChI is InChI=1S/C30H30NO.C29H28NO.C27H26NO.C25H22NO.C24H20NO/c1-20-12-13-25-26-18-23-10-6-7-11-24(23)19-28(26)32-30(25)29(20)27-17-22(14-15-31(27)2)16-21-8-4-3-5-9-21;1-19-11-12-24-25-17-22-9-5-6-10-23(22)18-27(25)31-29(24)28(19)26-16-21(13-14-30(26)2)15-20-7-3-4-8-20;1-17(2)13-19-11-12-28(4)24(14-19)26-18(3)9-10-22-23-15-20-7-5-6-8-21(20)16-25(23)29-27(22)26;1-4-17-11-12-26(3)22(13-17)24-16(2)9-10-20-21-14-18-7-5-6-8-19(18)15-23(21)27-25(20)24;1-15-10-11-25(3)21(12-15)23-16(2)8-9-19-20-13-17-6-4-5-7-18(17)14-22(20)26-24(19)23/h6-7,10-15,17-19,21H,3-5,8-9,16H2,1-2H3;5-6,9-14,16-18,20H,3-4,7-8,15H2,1-2H3;5-12,14-17H,13H2,1-4H3;5-15H,4H2,1-3H3;4-14H,1-3H3/q5*+1/i;;;4D2;. The van der Waals surface area contributed by atoms with Crippen molar-refractivity contribution < 1.29 is 47.7 Å². The van der Waals surface area contributed by atoms with Crippen LogP contribution in [0.1, 0.15) is 137 Å². The molecule has 0 saturated heterocycles. The van der Waals surface area contributed by atoms with Crippen molar-refractivity contribution in [2.75, 3.05) is 0 Å². The Hall–Kier alpha value is -15.7. The minimum atomic E-state index is -1.41. The van der Waals surface area contributed by atoms with E-state index in [1.165, 1.54) is 252 Å². The summed E-state index contributed by atoms with van der Waals surface area (Å²) in [5.41, 5.74) is 33.3. The van der Waals surface area contributed by atoms with E-state index in [4.69, 9.17) is 24.8 Å². The highest BCUT2D eigenvalue weighted by molar-refractivity contribution is 6.19. The molecule has 15 aromatic carbocycles. The molecule has 10 heteroatoms. The summed E-state index contributed by atoms with van der Waals surface area (Å²) < 4.78 is 59.5. The zero-order valence-corrected chi connectivity index (χ0v) is 85.7. The van der Waals surface area contributed by atoms with Crippen LogP contribution in [0.5, 0.6) is 0 Å². The van der Waals surface area contributed by atoms with Gasteiger partial charge in [0.15, 0.2) is 31.0 Å². The summed E-state index contributed by atoms with van der Waals surface area (Å²) in [6.07, 6.45) is 25.2. The molecule has 25 aromatic rings. The van der Waals surface area contributed by atoms with E-state index in [1.807, 2.05) is 36.0 Å². The lowest BCUT2D eigenvalue weighted by molar-refractivity contribution is -0.660. The number of nitrogens with zero attached hydrogens (tertiary/aromatic N) is 5. The van der Waals surface area contributed by atoms with Crippen molar-refractivity contribution in [3.63, 3.8) is 0 Å². The molecule has 716 valence electrons.